The number of nitrogens with zero attached hydrogens (tertiary/aromatic N) is 2. The lowest BCUT2D eigenvalue weighted by Gasteiger charge is -2.08. The van der Waals surface area contributed by atoms with Crippen LogP contribution in [0.25, 0.3) is 16.7 Å². The van der Waals surface area contributed by atoms with Gasteiger partial charge in [-0.2, -0.15) is 0 Å². The first-order chi connectivity index (χ1) is 12.3. The average molecular weight is 325 g/mol. The van der Waals surface area contributed by atoms with Crippen molar-refractivity contribution >= 4 is 16.8 Å². The fourth-order valence-electron chi connectivity index (χ4n) is 3.08. The molecule has 0 saturated carbocycles. The lowest BCUT2D eigenvalue weighted by Crippen LogP contribution is -2.01. The van der Waals surface area contributed by atoms with Gasteiger partial charge < -0.3 is 0 Å². The molecular weight excluding hydrogens is 308 g/mol. The highest BCUT2D eigenvalue weighted by atomic mass is 16.1. The van der Waals surface area contributed by atoms with Crippen molar-refractivity contribution < 1.29 is 4.79 Å². The SMILES string of the molecule is CCc1nc2cc(C(=O)c3ccccc3)ccc2n1-c1c[c]ccc1. The van der Waals surface area contributed by atoms with Crippen LogP contribution >= 0.6 is 0 Å². The van der Waals surface area contributed by atoms with Crippen LogP contribution in [0.5, 0.6) is 0 Å². The molecule has 1 radical (unpaired) electrons. The maximum atomic E-state index is 12.7. The molecule has 0 fully saturated rings. The summed E-state index contributed by atoms with van der Waals surface area (Å²) in [4.78, 5) is 17.4. The summed E-state index contributed by atoms with van der Waals surface area (Å²) in [6, 6.07) is 26.0. The van der Waals surface area contributed by atoms with Crippen LogP contribution in [0.3, 0.4) is 0 Å². The van der Waals surface area contributed by atoms with Crippen LogP contribution in [-0.2, 0) is 6.42 Å². The van der Waals surface area contributed by atoms with Gasteiger partial charge in [0.05, 0.1) is 11.0 Å². The number of benzene rings is 3. The first kappa shape index (κ1) is 15.3. The number of carbonyl (C=O) groups excluding carboxylic acids is 1. The molecule has 121 valence electrons. The number of imidazole rings is 1. The van der Waals surface area contributed by atoms with Crippen LogP contribution in [0.2, 0.25) is 0 Å². The predicted octanol–water partition coefficient (Wildman–Crippen LogP) is 4.62. The number of aryl methyl sites for hydroxylation is 1. The molecule has 0 amide bonds. The molecule has 1 heterocycles. The van der Waals surface area contributed by atoms with E-state index in [9.17, 15) is 4.79 Å². The smallest absolute Gasteiger partial charge is 0.193 e. The molecule has 4 aromatic rings. The molecule has 0 atom stereocenters. The fourth-order valence-corrected chi connectivity index (χ4v) is 3.08. The van der Waals surface area contributed by atoms with Crippen molar-refractivity contribution in [3.8, 4) is 5.69 Å². The van der Waals surface area contributed by atoms with E-state index in [-0.39, 0.29) is 5.78 Å². The fraction of sp³-hybridized carbons (Fsp3) is 0.0909. The van der Waals surface area contributed by atoms with Gasteiger partial charge in [-0.25, -0.2) is 4.98 Å². The Labute approximate surface area is 146 Å². The third kappa shape index (κ3) is 2.74. The topological polar surface area (TPSA) is 34.9 Å². The Morgan fingerprint density at radius 3 is 2.60 bits per heavy atom. The molecule has 4 rings (SSSR count). The lowest BCUT2D eigenvalue weighted by atomic mass is 10.0. The number of carbonyl (C=O) groups is 1. The molecular formula is C22H17N2O. The number of hydrogen-bond donors (Lipinski definition) is 0. The largest absolute Gasteiger partial charge is 0.296 e. The monoisotopic (exact) mass is 325 g/mol. The molecule has 1 aromatic heterocycles. The standard InChI is InChI=1S/C22H17N2O/c1-2-21-23-19-15-17(22(25)16-9-5-3-6-10-16)13-14-20(19)24(21)18-11-7-4-8-12-18/h3-7,9-15H,2H2,1H3. The van der Waals surface area contributed by atoms with E-state index in [1.165, 1.54) is 0 Å². The lowest BCUT2D eigenvalue weighted by molar-refractivity contribution is 0.103. The molecule has 0 aliphatic carbocycles. The molecule has 3 nitrogen and oxygen atoms in total. The van der Waals surface area contributed by atoms with E-state index in [2.05, 4.69) is 17.6 Å². The van der Waals surface area contributed by atoms with Gasteiger partial charge in [0.2, 0.25) is 0 Å². The van der Waals surface area contributed by atoms with Gasteiger partial charge >= 0.3 is 0 Å². The van der Waals surface area contributed by atoms with E-state index in [0.717, 1.165) is 29.0 Å². The molecule has 3 aromatic carbocycles. The number of aromatic nitrogens is 2. The van der Waals surface area contributed by atoms with Crippen LogP contribution < -0.4 is 0 Å². The third-order valence-corrected chi connectivity index (χ3v) is 4.29. The first-order valence-electron chi connectivity index (χ1n) is 8.35. The van der Waals surface area contributed by atoms with E-state index in [4.69, 9.17) is 4.98 Å². The number of rotatable bonds is 4. The zero-order chi connectivity index (χ0) is 17.2. The highest BCUT2D eigenvalue weighted by Gasteiger charge is 2.14. The maximum Gasteiger partial charge on any atom is 0.193 e. The Balaban J connectivity index is 1.84. The van der Waals surface area contributed by atoms with Gasteiger partial charge in [-0.05, 0) is 36.4 Å². The van der Waals surface area contributed by atoms with Gasteiger partial charge in [0.1, 0.15) is 5.82 Å². The molecule has 0 aliphatic heterocycles. The van der Waals surface area contributed by atoms with E-state index in [0.29, 0.717) is 11.1 Å². The van der Waals surface area contributed by atoms with Gasteiger partial charge in [-0.15, -0.1) is 0 Å². The second-order valence-corrected chi connectivity index (χ2v) is 5.88. The number of ketones is 1. The highest BCUT2D eigenvalue weighted by molar-refractivity contribution is 6.10. The summed E-state index contributed by atoms with van der Waals surface area (Å²) in [5.41, 5.74) is 4.22. The number of hydrogen-bond acceptors (Lipinski definition) is 2. The summed E-state index contributed by atoms with van der Waals surface area (Å²) in [6.45, 7) is 2.08. The summed E-state index contributed by atoms with van der Waals surface area (Å²) in [6.07, 6.45) is 0.811. The Morgan fingerprint density at radius 1 is 1.04 bits per heavy atom. The zero-order valence-electron chi connectivity index (χ0n) is 13.9. The average Bonchev–Trinajstić information content (AvgIpc) is 3.06. The minimum absolute atomic E-state index is 0.0168. The van der Waals surface area contributed by atoms with Crippen molar-refractivity contribution in [1.29, 1.82) is 0 Å². The van der Waals surface area contributed by atoms with Crippen molar-refractivity contribution in [2.45, 2.75) is 13.3 Å². The van der Waals surface area contributed by atoms with Gasteiger partial charge in [-0.1, -0.05) is 49.4 Å². The molecule has 3 heteroatoms. The normalized spacial score (nSPS) is 10.9. The summed E-state index contributed by atoms with van der Waals surface area (Å²) in [5.74, 6) is 0.988. The van der Waals surface area contributed by atoms with E-state index in [1.54, 1.807) is 0 Å². The zero-order valence-corrected chi connectivity index (χ0v) is 13.9. The van der Waals surface area contributed by atoms with E-state index >= 15 is 0 Å². The van der Waals surface area contributed by atoms with Crippen LogP contribution in [0, 0.1) is 6.07 Å². The maximum absolute atomic E-state index is 12.7. The van der Waals surface area contributed by atoms with Crippen LogP contribution in [0.15, 0.2) is 72.8 Å². The Morgan fingerprint density at radius 2 is 1.88 bits per heavy atom. The van der Waals surface area contributed by atoms with Crippen molar-refractivity contribution in [2.75, 3.05) is 0 Å². The van der Waals surface area contributed by atoms with Gasteiger partial charge in [0.15, 0.2) is 5.78 Å². The van der Waals surface area contributed by atoms with E-state index < -0.39 is 0 Å². The Hall–Kier alpha value is -3.20. The molecule has 0 spiro atoms. The summed E-state index contributed by atoms with van der Waals surface area (Å²) in [7, 11) is 0. The Kier molecular flexibility index (Phi) is 3.90. The summed E-state index contributed by atoms with van der Waals surface area (Å²) >= 11 is 0. The number of fused-ring (bicyclic) bond motifs is 1. The molecule has 0 unspecified atom stereocenters. The summed E-state index contributed by atoms with van der Waals surface area (Å²) < 4.78 is 2.13. The van der Waals surface area contributed by atoms with Crippen molar-refractivity contribution in [2.24, 2.45) is 0 Å². The van der Waals surface area contributed by atoms with Crippen molar-refractivity contribution in [3.05, 3.63) is 95.8 Å². The van der Waals surface area contributed by atoms with Crippen molar-refractivity contribution in [1.82, 2.24) is 9.55 Å². The minimum Gasteiger partial charge on any atom is -0.296 e. The first-order valence-corrected chi connectivity index (χ1v) is 8.35. The van der Waals surface area contributed by atoms with E-state index in [1.807, 2.05) is 72.8 Å². The van der Waals surface area contributed by atoms with Crippen LogP contribution in [0.4, 0.5) is 0 Å². The quantitative estimate of drug-likeness (QED) is 0.513. The van der Waals surface area contributed by atoms with Crippen LogP contribution in [0.1, 0.15) is 28.7 Å². The van der Waals surface area contributed by atoms with Gasteiger partial charge in [0.25, 0.3) is 0 Å². The predicted molar refractivity (Wildman–Crippen MR) is 99.2 cm³/mol. The molecule has 0 aliphatic rings. The summed E-state index contributed by atoms with van der Waals surface area (Å²) in [5, 5.41) is 0. The third-order valence-electron chi connectivity index (χ3n) is 4.29. The van der Waals surface area contributed by atoms with Gasteiger partial charge in [-0.3, -0.25) is 9.36 Å². The van der Waals surface area contributed by atoms with Crippen molar-refractivity contribution in [3.63, 3.8) is 0 Å². The molecule has 0 N–H and O–H groups in total. The highest BCUT2D eigenvalue weighted by Crippen LogP contribution is 2.24. The minimum atomic E-state index is 0.0168. The molecule has 0 saturated heterocycles. The second kappa shape index (κ2) is 6.36. The molecule has 25 heavy (non-hydrogen) atoms. The second-order valence-electron chi connectivity index (χ2n) is 5.88. The Bertz CT molecular complexity index is 1030. The van der Waals surface area contributed by atoms with Crippen LogP contribution in [-0.4, -0.2) is 15.3 Å². The molecule has 0 bridgehead atoms. The van der Waals surface area contributed by atoms with Gasteiger partial charge in [0, 0.05) is 23.2 Å².